The van der Waals surface area contributed by atoms with Crippen LogP contribution in [0.5, 0.6) is 11.5 Å². The van der Waals surface area contributed by atoms with Gasteiger partial charge in [-0.2, -0.15) is 0 Å². The minimum absolute atomic E-state index is 0. The standard InChI is InChI=1S/C34H48N4O6S.ClH/c1-3-5-21-38-31(39)30(24-33(41)17-7-6-8-18-33)35-32(40)34(38)19-22-37(23-20-34)25-26-9-13-28(14-10-26)44-29-15-11-27(12-16-29)36-45(42,43)4-2;/h9-16,30,36,41H,3-8,17-25H2,1-2H3,(H,35,40);1H/t30-;/m1./s1. The Morgan fingerprint density at radius 1 is 0.935 bits per heavy atom. The number of aliphatic hydroxyl groups is 1. The summed E-state index contributed by atoms with van der Waals surface area (Å²) in [5.74, 6) is 1.18. The third-order valence-corrected chi connectivity index (χ3v) is 11.0. The van der Waals surface area contributed by atoms with E-state index in [9.17, 15) is 23.1 Å². The first kappa shape index (κ1) is 36.0. The summed E-state index contributed by atoms with van der Waals surface area (Å²) in [6, 6.07) is 14.0. The quantitative estimate of drug-likeness (QED) is 0.282. The van der Waals surface area contributed by atoms with E-state index in [-0.39, 0.29) is 30.0 Å². The number of piperazine rings is 1. The Morgan fingerprint density at radius 3 is 2.13 bits per heavy atom. The summed E-state index contributed by atoms with van der Waals surface area (Å²) in [4.78, 5) is 31.8. The normalized spacial score (nSPS) is 21.4. The maximum absolute atomic E-state index is 13.8. The SMILES string of the molecule is CCCCN1C(=O)[C@@H](CC2(O)CCCCC2)NC(=O)C12CCN(Cc1ccc(Oc3ccc(NS(=O)(=O)CC)cc3)cc1)CC2.Cl. The third kappa shape index (κ3) is 8.53. The van der Waals surface area contributed by atoms with E-state index in [1.807, 2.05) is 29.2 Å². The lowest BCUT2D eigenvalue weighted by molar-refractivity contribution is -0.163. The molecule has 3 fully saturated rings. The zero-order valence-corrected chi connectivity index (χ0v) is 28.6. The van der Waals surface area contributed by atoms with Crippen LogP contribution in [0.4, 0.5) is 5.69 Å². The molecule has 254 valence electrons. The summed E-state index contributed by atoms with van der Waals surface area (Å²) in [5, 5.41) is 14.2. The summed E-state index contributed by atoms with van der Waals surface area (Å²) in [6.07, 6.45) is 7.64. The molecular weight excluding hydrogens is 628 g/mol. The minimum Gasteiger partial charge on any atom is -0.457 e. The summed E-state index contributed by atoms with van der Waals surface area (Å²) in [7, 11) is -3.33. The number of halogens is 1. The fraction of sp³-hybridized carbons (Fsp3) is 0.588. The molecule has 0 aromatic heterocycles. The highest BCUT2D eigenvalue weighted by molar-refractivity contribution is 7.92. The second-order valence-electron chi connectivity index (χ2n) is 12.9. The van der Waals surface area contributed by atoms with Crippen molar-refractivity contribution in [3.8, 4) is 11.5 Å². The van der Waals surface area contributed by atoms with Crippen molar-refractivity contribution < 1.29 is 27.9 Å². The Labute approximate surface area is 279 Å². The van der Waals surface area contributed by atoms with Gasteiger partial charge in [0.1, 0.15) is 23.1 Å². The van der Waals surface area contributed by atoms with Crippen LogP contribution in [0.3, 0.4) is 0 Å². The fourth-order valence-corrected chi connectivity index (χ4v) is 7.57. The van der Waals surface area contributed by atoms with E-state index in [1.165, 1.54) is 0 Å². The number of unbranched alkanes of at least 4 members (excludes halogenated alkanes) is 1. The van der Waals surface area contributed by atoms with Crippen LogP contribution in [0.25, 0.3) is 0 Å². The van der Waals surface area contributed by atoms with Crippen LogP contribution in [-0.2, 0) is 26.2 Å². The highest BCUT2D eigenvalue weighted by atomic mass is 35.5. The minimum atomic E-state index is -3.33. The second-order valence-corrected chi connectivity index (χ2v) is 15.0. The predicted molar refractivity (Wildman–Crippen MR) is 182 cm³/mol. The number of hydrogen-bond donors (Lipinski definition) is 3. The van der Waals surface area contributed by atoms with Crippen molar-refractivity contribution in [3.05, 3.63) is 54.1 Å². The van der Waals surface area contributed by atoms with Crippen molar-refractivity contribution in [1.82, 2.24) is 15.1 Å². The molecule has 2 amide bonds. The van der Waals surface area contributed by atoms with Crippen molar-refractivity contribution in [2.75, 3.05) is 30.1 Å². The van der Waals surface area contributed by atoms with Crippen LogP contribution in [0, 0.1) is 0 Å². The number of likely N-dealkylation sites (tertiary alicyclic amines) is 1. The Balaban J connectivity index is 0.00000480. The molecule has 0 unspecified atom stereocenters. The topological polar surface area (TPSA) is 128 Å². The molecular formula is C34H49ClN4O6S. The molecule has 0 radical (unpaired) electrons. The number of ether oxygens (including phenoxy) is 1. The molecule has 2 aromatic carbocycles. The first-order valence-electron chi connectivity index (χ1n) is 16.5. The highest BCUT2D eigenvalue weighted by Gasteiger charge is 2.54. The zero-order valence-electron chi connectivity index (χ0n) is 27.0. The molecule has 1 atom stereocenters. The van der Waals surface area contributed by atoms with Gasteiger partial charge < -0.3 is 20.1 Å². The number of anilines is 1. The maximum Gasteiger partial charge on any atom is 0.246 e. The van der Waals surface area contributed by atoms with Crippen molar-refractivity contribution in [3.63, 3.8) is 0 Å². The van der Waals surface area contributed by atoms with Crippen molar-refractivity contribution in [2.45, 2.75) is 102 Å². The van der Waals surface area contributed by atoms with Gasteiger partial charge in [-0.3, -0.25) is 19.2 Å². The Morgan fingerprint density at radius 2 is 1.54 bits per heavy atom. The number of benzene rings is 2. The molecule has 3 aliphatic rings. The molecule has 1 saturated carbocycles. The van der Waals surface area contributed by atoms with Crippen LogP contribution in [-0.4, -0.2) is 77.7 Å². The molecule has 1 aliphatic carbocycles. The lowest BCUT2D eigenvalue weighted by Gasteiger charge is -2.52. The summed E-state index contributed by atoms with van der Waals surface area (Å²) < 4.78 is 32.0. The molecule has 1 spiro atoms. The molecule has 5 rings (SSSR count). The number of nitrogens with one attached hydrogen (secondary N) is 2. The van der Waals surface area contributed by atoms with E-state index in [2.05, 4.69) is 21.9 Å². The fourth-order valence-electron chi connectivity index (χ4n) is 6.93. The van der Waals surface area contributed by atoms with Crippen LogP contribution in [0.15, 0.2) is 48.5 Å². The van der Waals surface area contributed by atoms with E-state index >= 15 is 0 Å². The maximum atomic E-state index is 13.8. The van der Waals surface area contributed by atoms with E-state index in [4.69, 9.17) is 4.74 Å². The van der Waals surface area contributed by atoms with Gasteiger partial charge in [-0.05, 0) is 81.0 Å². The van der Waals surface area contributed by atoms with Crippen molar-refractivity contribution in [1.29, 1.82) is 0 Å². The van der Waals surface area contributed by atoms with Gasteiger partial charge in [-0.15, -0.1) is 12.4 Å². The number of hydrogen-bond acceptors (Lipinski definition) is 7. The number of carbonyl (C=O) groups is 2. The summed E-state index contributed by atoms with van der Waals surface area (Å²) in [5.41, 5.74) is -0.101. The van der Waals surface area contributed by atoms with Gasteiger partial charge in [0.05, 0.1) is 11.4 Å². The number of carbonyl (C=O) groups excluding carboxylic acids is 2. The smallest absolute Gasteiger partial charge is 0.246 e. The van der Waals surface area contributed by atoms with E-state index in [0.29, 0.717) is 68.9 Å². The number of nitrogens with zero attached hydrogens (tertiary/aromatic N) is 2. The van der Waals surface area contributed by atoms with E-state index in [0.717, 1.165) is 44.2 Å². The first-order valence-corrected chi connectivity index (χ1v) is 18.1. The van der Waals surface area contributed by atoms with Gasteiger partial charge in [-0.25, -0.2) is 8.42 Å². The Kier molecular flexibility index (Phi) is 12.0. The number of sulfonamides is 1. The molecule has 2 aliphatic heterocycles. The van der Waals surface area contributed by atoms with E-state index < -0.39 is 27.2 Å². The molecule has 2 heterocycles. The molecule has 2 saturated heterocycles. The Hall–Kier alpha value is -2.86. The van der Waals surface area contributed by atoms with Crippen LogP contribution < -0.4 is 14.8 Å². The monoisotopic (exact) mass is 676 g/mol. The van der Waals surface area contributed by atoms with Gasteiger partial charge in [-0.1, -0.05) is 44.7 Å². The first-order chi connectivity index (χ1) is 21.5. The lowest BCUT2D eigenvalue weighted by Crippen LogP contribution is -2.73. The molecule has 2 aromatic rings. The summed E-state index contributed by atoms with van der Waals surface area (Å²) in [6.45, 7) is 6.37. The van der Waals surface area contributed by atoms with Crippen molar-refractivity contribution in [2.24, 2.45) is 0 Å². The average molecular weight is 677 g/mol. The molecule has 10 nitrogen and oxygen atoms in total. The Bertz CT molecular complexity index is 1420. The van der Waals surface area contributed by atoms with Gasteiger partial charge in [0.15, 0.2) is 0 Å². The van der Waals surface area contributed by atoms with Gasteiger partial charge >= 0.3 is 0 Å². The van der Waals surface area contributed by atoms with Crippen LogP contribution in [0.2, 0.25) is 0 Å². The molecule has 12 heteroatoms. The van der Waals surface area contributed by atoms with Crippen molar-refractivity contribution >= 4 is 39.9 Å². The highest BCUT2D eigenvalue weighted by Crippen LogP contribution is 2.38. The number of rotatable bonds is 12. The predicted octanol–water partition coefficient (Wildman–Crippen LogP) is 5.21. The zero-order chi connectivity index (χ0) is 32.1. The van der Waals surface area contributed by atoms with Gasteiger partial charge in [0.25, 0.3) is 0 Å². The largest absolute Gasteiger partial charge is 0.457 e. The van der Waals surface area contributed by atoms with Crippen LogP contribution >= 0.6 is 12.4 Å². The third-order valence-electron chi connectivity index (χ3n) is 9.67. The molecule has 3 N–H and O–H groups in total. The summed E-state index contributed by atoms with van der Waals surface area (Å²) >= 11 is 0. The van der Waals surface area contributed by atoms with Gasteiger partial charge in [0, 0.05) is 38.3 Å². The lowest BCUT2D eigenvalue weighted by atomic mass is 9.77. The van der Waals surface area contributed by atoms with E-state index in [1.54, 1.807) is 31.2 Å². The number of piperidine rings is 1. The average Bonchev–Trinajstić information content (AvgIpc) is 3.03. The van der Waals surface area contributed by atoms with Crippen LogP contribution in [0.1, 0.15) is 83.6 Å². The van der Waals surface area contributed by atoms with Gasteiger partial charge in [0.2, 0.25) is 21.8 Å². The second kappa shape index (κ2) is 15.4. The number of amides is 2. The molecule has 0 bridgehead atoms. The molecule has 46 heavy (non-hydrogen) atoms.